The van der Waals surface area contributed by atoms with Crippen molar-refractivity contribution in [3.05, 3.63) is 58.9 Å². The number of benzene rings is 3. The van der Waals surface area contributed by atoms with Gasteiger partial charge in [-0.2, -0.15) is 16.8 Å². The molecule has 1 amide bonds. The fourth-order valence-corrected chi connectivity index (χ4v) is 8.04. The first-order valence-corrected chi connectivity index (χ1v) is 18.2. The summed E-state index contributed by atoms with van der Waals surface area (Å²) >= 11 is 0. The van der Waals surface area contributed by atoms with Gasteiger partial charge in [0.25, 0.3) is 26.1 Å². The number of nitrogens with zero attached hydrogens (tertiary/aromatic N) is 1. The number of amides is 1. The lowest BCUT2D eigenvalue weighted by Gasteiger charge is -2.20. The number of fused-ring (bicyclic) bond motifs is 2. The van der Waals surface area contributed by atoms with Crippen molar-refractivity contribution in [1.29, 1.82) is 0 Å². The molecule has 0 bridgehead atoms. The summed E-state index contributed by atoms with van der Waals surface area (Å²) in [4.78, 5) is 38.1. The minimum Gasteiger partial charge on any atom is -0.481 e. The van der Waals surface area contributed by atoms with Gasteiger partial charge < -0.3 is 25.7 Å². The zero-order valence-corrected chi connectivity index (χ0v) is 26.8. The van der Waals surface area contributed by atoms with Crippen LogP contribution in [0.25, 0.3) is 33.4 Å². The zero-order chi connectivity index (χ0) is 34.0. The molecule has 1 heterocycles. The molecule has 0 saturated carbocycles. The van der Waals surface area contributed by atoms with Crippen molar-refractivity contribution in [3.8, 4) is 22.5 Å². The van der Waals surface area contributed by atoms with E-state index in [1.54, 1.807) is 0 Å². The van der Waals surface area contributed by atoms with Crippen LogP contribution in [0.15, 0.2) is 61.7 Å². The lowest BCUT2D eigenvalue weighted by atomic mass is 9.89. The highest BCUT2D eigenvalue weighted by molar-refractivity contribution is 8.76. The van der Waals surface area contributed by atoms with Crippen molar-refractivity contribution < 1.29 is 55.0 Å². The molecular weight excluding hydrogens is 687 g/mol. The Morgan fingerprint density at radius 1 is 0.913 bits per heavy atom. The number of aliphatic carboxylic acids is 1. The monoisotopic (exact) mass is 711 g/mol. The van der Waals surface area contributed by atoms with Gasteiger partial charge in [-0.05, 0) is 42.0 Å². The second-order valence-electron chi connectivity index (χ2n) is 9.41. The predicted molar refractivity (Wildman–Crippen MR) is 170 cm³/mol. The number of aromatic carboxylic acids is 1. The van der Waals surface area contributed by atoms with Crippen LogP contribution in [0.2, 0.25) is 0 Å². The first-order valence-electron chi connectivity index (χ1n) is 12.9. The van der Waals surface area contributed by atoms with Crippen LogP contribution >= 0.6 is 21.6 Å². The van der Waals surface area contributed by atoms with Crippen molar-refractivity contribution in [1.82, 2.24) is 5.32 Å². The highest BCUT2D eigenvalue weighted by atomic mass is 33.1. The number of rotatable bonds is 12. The Labute approximate surface area is 269 Å². The van der Waals surface area contributed by atoms with Crippen LogP contribution in [0.5, 0.6) is 0 Å². The van der Waals surface area contributed by atoms with Crippen molar-refractivity contribution in [2.45, 2.75) is 16.2 Å². The molecule has 244 valence electrons. The summed E-state index contributed by atoms with van der Waals surface area (Å²) in [6.07, 6.45) is -0.00878. The average molecular weight is 712 g/mol. The molecule has 4 rings (SSSR count). The van der Waals surface area contributed by atoms with Gasteiger partial charge in [-0.1, -0.05) is 27.7 Å². The van der Waals surface area contributed by atoms with Crippen molar-refractivity contribution in [2.75, 3.05) is 30.8 Å². The zero-order valence-electron chi connectivity index (χ0n) is 23.6. The molecule has 0 atom stereocenters. The molecule has 7 N–H and O–H groups in total. The van der Waals surface area contributed by atoms with E-state index in [-0.39, 0.29) is 46.0 Å². The molecule has 0 aromatic heterocycles. The number of carbonyl (C=O) groups excluding carboxylic acids is 1. The van der Waals surface area contributed by atoms with Crippen LogP contribution in [0.3, 0.4) is 0 Å². The number of anilines is 1. The number of nitrogens with two attached hydrogens (primary N) is 1. The third kappa shape index (κ3) is 7.29. The quantitative estimate of drug-likeness (QED) is 0.0405. The van der Waals surface area contributed by atoms with Gasteiger partial charge in [-0.15, -0.1) is 0 Å². The fraction of sp³-hybridized carbons (Fsp3) is 0.185. The fourth-order valence-electron chi connectivity index (χ4n) is 4.59. The van der Waals surface area contributed by atoms with Crippen LogP contribution in [0.4, 0.5) is 5.69 Å². The summed E-state index contributed by atoms with van der Waals surface area (Å²) in [5, 5.41) is 21.2. The molecule has 0 spiro atoms. The van der Waals surface area contributed by atoms with Crippen LogP contribution in [-0.4, -0.2) is 79.1 Å². The Balaban J connectivity index is 1.92. The minimum absolute atomic E-state index is 0.00878. The maximum Gasteiger partial charge on any atom is 0.336 e. The Hall–Kier alpha value is -4.14. The highest BCUT2D eigenvalue weighted by Gasteiger charge is 2.32. The Bertz CT molecular complexity index is 2150. The van der Waals surface area contributed by atoms with Gasteiger partial charge in [0, 0.05) is 47.2 Å². The van der Waals surface area contributed by atoms with E-state index >= 15 is 0 Å². The summed E-state index contributed by atoms with van der Waals surface area (Å²) in [7, 11) is -6.30. The second kappa shape index (κ2) is 13.7. The van der Waals surface area contributed by atoms with Gasteiger partial charge in [0.05, 0.1) is 23.0 Å². The number of nitrogen functional groups attached to an aromatic ring is 1. The Morgan fingerprint density at radius 3 is 2.17 bits per heavy atom. The summed E-state index contributed by atoms with van der Waals surface area (Å²) in [6.45, 7) is 0.187. The lowest BCUT2D eigenvalue weighted by molar-refractivity contribution is -0.136. The maximum atomic E-state index is 12.9. The molecule has 2 aromatic carbocycles. The molecule has 1 aliphatic carbocycles. The minimum atomic E-state index is -5.11. The van der Waals surface area contributed by atoms with Crippen LogP contribution in [0.1, 0.15) is 27.1 Å². The molecule has 15 nitrogen and oxygen atoms in total. The number of nitrogens with one attached hydrogen (secondary N) is 1. The molecule has 0 saturated heterocycles. The summed E-state index contributed by atoms with van der Waals surface area (Å²) in [6, 6.07) is 8.58. The largest absolute Gasteiger partial charge is 0.481 e. The number of hydrogen-bond donors (Lipinski definition) is 6. The third-order valence-electron chi connectivity index (χ3n) is 6.47. The smallest absolute Gasteiger partial charge is 0.336 e. The number of hydrogen-bond acceptors (Lipinski definition) is 12. The van der Waals surface area contributed by atoms with E-state index in [0.29, 0.717) is 11.5 Å². The molecule has 2 aromatic rings. The lowest BCUT2D eigenvalue weighted by Crippen LogP contribution is -2.26. The van der Waals surface area contributed by atoms with Crippen LogP contribution in [0, 0.1) is 0 Å². The van der Waals surface area contributed by atoms with E-state index < -0.39 is 70.5 Å². The van der Waals surface area contributed by atoms with Crippen LogP contribution in [-0.2, 0) is 25.0 Å². The highest BCUT2D eigenvalue weighted by Crippen LogP contribution is 2.45. The molecule has 46 heavy (non-hydrogen) atoms. The van der Waals surface area contributed by atoms with E-state index in [4.69, 9.17) is 15.3 Å². The predicted octanol–water partition coefficient (Wildman–Crippen LogP) is 3.09. The number of carboxylic acid groups (broad SMARTS) is 2. The third-order valence-corrected chi connectivity index (χ3v) is 10.7. The maximum absolute atomic E-state index is 12.9. The van der Waals surface area contributed by atoms with Crippen molar-refractivity contribution in [2.24, 2.45) is 4.99 Å². The molecule has 0 unspecified atom stereocenters. The molecular formula is C27H25N3O12S4. The summed E-state index contributed by atoms with van der Waals surface area (Å²) in [5.74, 6) is -2.84. The van der Waals surface area contributed by atoms with Crippen LogP contribution < -0.4 is 16.4 Å². The second-order valence-corrected chi connectivity index (χ2v) is 14.8. The number of carbonyl (C=O) groups is 3. The normalized spacial score (nSPS) is 12.5. The van der Waals surface area contributed by atoms with Gasteiger partial charge in [-0.25, -0.2) is 4.79 Å². The Kier molecular flexibility index (Phi) is 10.3. The Morgan fingerprint density at radius 2 is 1.57 bits per heavy atom. The van der Waals surface area contributed by atoms with E-state index in [2.05, 4.69) is 10.3 Å². The molecule has 0 radical (unpaired) electrons. The topological polar surface area (TPSA) is 264 Å². The van der Waals surface area contributed by atoms with Gasteiger partial charge in [0.1, 0.15) is 0 Å². The van der Waals surface area contributed by atoms with Crippen molar-refractivity contribution in [3.63, 3.8) is 0 Å². The number of carboxylic acids is 2. The summed E-state index contributed by atoms with van der Waals surface area (Å²) < 4.78 is 75.7. The average Bonchev–Trinajstić information content (AvgIpc) is 2.96. The van der Waals surface area contributed by atoms with E-state index in [1.807, 2.05) is 0 Å². The molecule has 1 aliphatic heterocycles. The van der Waals surface area contributed by atoms with E-state index in [0.717, 1.165) is 12.1 Å². The first kappa shape index (κ1) is 34.7. The standard InChI is InChI=1S/C27H25N3O12S4/c1-29-19-7-5-16-21(15-4-6-18(28)24(45(36,37)38)22(15)42-23(16)25(19)46(39,40)41)14-3-2-13(12-17(14)27(34)35)26(33)30-9-11-44-43-10-8-20(31)32/h2-7,12H,8-11,28H2,1H3,(H,30,33)(H,31,32)(H,34,35)(H,36,37,38)(H,39,40,41)/b29-19+. The van der Waals surface area contributed by atoms with Gasteiger partial charge in [0.2, 0.25) is 0 Å². The van der Waals surface area contributed by atoms with Crippen molar-refractivity contribution >= 4 is 76.3 Å². The van der Waals surface area contributed by atoms with Gasteiger partial charge in [0.15, 0.2) is 21.1 Å². The molecule has 0 fully saturated rings. The van der Waals surface area contributed by atoms with Gasteiger partial charge in [-0.3, -0.25) is 23.7 Å². The summed E-state index contributed by atoms with van der Waals surface area (Å²) in [5.41, 5.74) is 3.98. The van der Waals surface area contributed by atoms with Gasteiger partial charge >= 0.3 is 11.9 Å². The van der Waals surface area contributed by atoms with E-state index in [1.165, 1.54) is 59.0 Å². The SMILES string of the molecule is C/N=c1\ccc2c(-c3ccc(C(=O)NCCSSCCC(=O)O)cc3C(=O)O)c3ccc(N)c(S(=O)(=O)O)c3oc-2c1S(=O)(=O)O. The molecule has 19 heteroatoms. The first-order chi connectivity index (χ1) is 21.6. The molecule has 2 aliphatic rings. The van der Waals surface area contributed by atoms with E-state index in [9.17, 15) is 45.4 Å².